The maximum absolute atomic E-state index is 12.5. The second-order valence-corrected chi connectivity index (χ2v) is 9.22. The van der Waals surface area contributed by atoms with Crippen LogP contribution in [0.5, 0.6) is 0 Å². The zero-order valence-electron chi connectivity index (χ0n) is 15.7. The third kappa shape index (κ3) is 5.80. The number of rotatable bonds is 8. The highest BCUT2D eigenvalue weighted by atomic mass is 35.5. The van der Waals surface area contributed by atoms with Gasteiger partial charge >= 0.3 is 0 Å². The second-order valence-electron chi connectivity index (χ2n) is 7.02. The summed E-state index contributed by atoms with van der Waals surface area (Å²) < 4.78 is 27.5. The zero-order chi connectivity index (χ0) is 20.0. The fourth-order valence-electron chi connectivity index (χ4n) is 3.39. The van der Waals surface area contributed by atoms with Crippen LogP contribution in [0.4, 0.5) is 0 Å². The SMILES string of the molecule is O=C(CCNS(=O)(=O)c1ccc2c(c1)CCCC2)NCCc1cccc(Cl)c1. The maximum Gasteiger partial charge on any atom is 0.240 e. The van der Waals surface area contributed by atoms with Crippen molar-refractivity contribution in [1.29, 1.82) is 0 Å². The molecule has 150 valence electrons. The number of benzene rings is 2. The number of sulfonamides is 1. The molecule has 2 N–H and O–H groups in total. The Bertz CT molecular complexity index is 944. The molecule has 0 atom stereocenters. The number of carbonyl (C=O) groups excluding carboxylic acids is 1. The van der Waals surface area contributed by atoms with Gasteiger partial charge < -0.3 is 5.32 Å². The van der Waals surface area contributed by atoms with Crippen LogP contribution in [-0.2, 0) is 34.1 Å². The molecule has 0 spiro atoms. The highest BCUT2D eigenvalue weighted by Gasteiger charge is 2.17. The first kappa shape index (κ1) is 20.8. The summed E-state index contributed by atoms with van der Waals surface area (Å²) in [6, 6.07) is 12.8. The Morgan fingerprint density at radius 1 is 1.00 bits per heavy atom. The van der Waals surface area contributed by atoms with E-state index in [1.165, 1.54) is 5.56 Å². The fourth-order valence-corrected chi connectivity index (χ4v) is 4.68. The quantitative estimate of drug-likeness (QED) is 0.688. The van der Waals surface area contributed by atoms with Gasteiger partial charge in [0, 0.05) is 24.5 Å². The van der Waals surface area contributed by atoms with Gasteiger partial charge in [-0.2, -0.15) is 0 Å². The van der Waals surface area contributed by atoms with Crippen LogP contribution in [0.25, 0.3) is 0 Å². The zero-order valence-corrected chi connectivity index (χ0v) is 17.3. The summed E-state index contributed by atoms with van der Waals surface area (Å²) in [4.78, 5) is 12.2. The summed E-state index contributed by atoms with van der Waals surface area (Å²) in [5.74, 6) is -0.185. The third-order valence-electron chi connectivity index (χ3n) is 4.90. The minimum atomic E-state index is -3.60. The molecular formula is C21H25ClN2O3S. The molecule has 2 aromatic rings. The van der Waals surface area contributed by atoms with Gasteiger partial charge in [0.2, 0.25) is 15.9 Å². The average molecular weight is 421 g/mol. The molecule has 28 heavy (non-hydrogen) atoms. The third-order valence-corrected chi connectivity index (χ3v) is 6.59. The van der Waals surface area contributed by atoms with Crippen molar-refractivity contribution in [2.45, 2.75) is 43.4 Å². The largest absolute Gasteiger partial charge is 0.356 e. The first-order chi connectivity index (χ1) is 13.4. The lowest BCUT2D eigenvalue weighted by Crippen LogP contribution is -2.31. The Labute approximate surface area is 171 Å². The Balaban J connectivity index is 1.44. The molecule has 1 aliphatic rings. The van der Waals surface area contributed by atoms with E-state index in [0.717, 1.165) is 36.8 Å². The summed E-state index contributed by atoms with van der Waals surface area (Å²) >= 11 is 5.93. The highest BCUT2D eigenvalue weighted by molar-refractivity contribution is 7.89. The van der Waals surface area contributed by atoms with E-state index in [2.05, 4.69) is 10.0 Å². The van der Waals surface area contributed by atoms with Crippen molar-refractivity contribution in [2.75, 3.05) is 13.1 Å². The molecule has 7 heteroatoms. The minimum Gasteiger partial charge on any atom is -0.356 e. The van der Waals surface area contributed by atoms with Gasteiger partial charge in [-0.05, 0) is 73.1 Å². The minimum absolute atomic E-state index is 0.0718. The summed E-state index contributed by atoms with van der Waals surface area (Å²) in [6.45, 7) is 0.555. The second kappa shape index (κ2) is 9.54. The normalized spacial score (nSPS) is 13.8. The van der Waals surface area contributed by atoms with Crippen LogP contribution in [-0.4, -0.2) is 27.4 Å². The summed E-state index contributed by atoms with van der Waals surface area (Å²) in [6.07, 6.45) is 4.96. The molecule has 0 saturated heterocycles. The average Bonchev–Trinajstić information content (AvgIpc) is 2.67. The lowest BCUT2D eigenvalue weighted by Gasteiger charge is -2.16. The summed E-state index contributed by atoms with van der Waals surface area (Å²) in [7, 11) is -3.60. The molecule has 1 amide bonds. The van der Waals surface area contributed by atoms with E-state index in [-0.39, 0.29) is 23.8 Å². The number of carbonyl (C=O) groups is 1. The first-order valence-electron chi connectivity index (χ1n) is 9.57. The van der Waals surface area contributed by atoms with Crippen molar-refractivity contribution in [3.05, 3.63) is 64.2 Å². The monoisotopic (exact) mass is 420 g/mol. The van der Waals surface area contributed by atoms with Crippen LogP contribution in [0.15, 0.2) is 47.4 Å². The van der Waals surface area contributed by atoms with Crippen molar-refractivity contribution in [3.63, 3.8) is 0 Å². The molecule has 5 nitrogen and oxygen atoms in total. The topological polar surface area (TPSA) is 75.3 Å². The Hall–Kier alpha value is -1.89. The Morgan fingerprint density at radius 2 is 1.79 bits per heavy atom. The molecule has 0 aromatic heterocycles. The van der Waals surface area contributed by atoms with Gasteiger partial charge in [0.05, 0.1) is 4.90 Å². The molecule has 1 aliphatic carbocycles. The number of hydrogen-bond donors (Lipinski definition) is 2. The number of amides is 1. The maximum atomic E-state index is 12.5. The van der Waals surface area contributed by atoms with Crippen molar-refractivity contribution < 1.29 is 13.2 Å². The Kier molecular flexibility index (Phi) is 7.10. The van der Waals surface area contributed by atoms with Crippen molar-refractivity contribution in [1.82, 2.24) is 10.0 Å². The lowest BCUT2D eigenvalue weighted by atomic mass is 9.92. The predicted octanol–water partition coefficient (Wildman–Crippen LogP) is 3.25. The van der Waals surface area contributed by atoms with E-state index in [9.17, 15) is 13.2 Å². The van der Waals surface area contributed by atoms with Crippen LogP contribution in [0, 0.1) is 0 Å². The van der Waals surface area contributed by atoms with Gasteiger partial charge in [-0.25, -0.2) is 13.1 Å². The number of nitrogens with one attached hydrogen (secondary N) is 2. The van der Waals surface area contributed by atoms with Gasteiger partial charge in [-0.3, -0.25) is 4.79 Å². The van der Waals surface area contributed by atoms with E-state index in [4.69, 9.17) is 11.6 Å². The van der Waals surface area contributed by atoms with Crippen LogP contribution >= 0.6 is 11.6 Å². The number of fused-ring (bicyclic) bond motifs is 1. The highest BCUT2D eigenvalue weighted by Crippen LogP contribution is 2.24. The molecule has 3 rings (SSSR count). The van der Waals surface area contributed by atoms with Crippen molar-refractivity contribution in [3.8, 4) is 0 Å². The summed E-state index contributed by atoms with van der Waals surface area (Å²) in [5.41, 5.74) is 3.40. The number of hydrogen-bond acceptors (Lipinski definition) is 3. The van der Waals surface area contributed by atoms with Crippen LogP contribution < -0.4 is 10.0 Å². The van der Waals surface area contributed by atoms with Gasteiger partial charge in [-0.15, -0.1) is 0 Å². The summed E-state index contributed by atoms with van der Waals surface area (Å²) in [5, 5.41) is 3.47. The van der Waals surface area contributed by atoms with E-state index >= 15 is 0 Å². The molecule has 0 bridgehead atoms. The van der Waals surface area contributed by atoms with Crippen LogP contribution in [0.3, 0.4) is 0 Å². The molecule has 0 heterocycles. The Morgan fingerprint density at radius 3 is 2.57 bits per heavy atom. The lowest BCUT2D eigenvalue weighted by molar-refractivity contribution is -0.120. The standard InChI is InChI=1S/C21H25ClN2O3S/c22-19-7-3-4-16(14-19)10-12-23-21(25)11-13-24-28(26,27)20-9-8-17-5-1-2-6-18(17)15-20/h3-4,7-9,14-15,24H,1-2,5-6,10-13H2,(H,23,25). The molecule has 0 unspecified atom stereocenters. The molecule has 0 aliphatic heterocycles. The smallest absolute Gasteiger partial charge is 0.240 e. The van der Waals surface area contributed by atoms with Crippen molar-refractivity contribution >= 4 is 27.5 Å². The van der Waals surface area contributed by atoms with Gasteiger partial charge in [0.1, 0.15) is 0 Å². The van der Waals surface area contributed by atoms with Crippen LogP contribution in [0.2, 0.25) is 5.02 Å². The van der Waals surface area contributed by atoms with E-state index in [1.807, 2.05) is 24.3 Å². The fraction of sp³-hybridized carbons (Fsp3) is 0.381. The van der Waals surface area contributed by atoms with Crippen LogP contribution in [0.1, 0.15) is 36.0 Å². The molecule has 0 radical (unpaired) electrons. The number of halogens is 1. The molecule has 0 saturated carbocycles. The van der Waals surface area contributed by atoms with Gasteiger partial charge in [-0.1, -0.05) is 29.8 Å². The van der Waals surface area contributed by atoms with E-state index < -0.39 is 10.0 Å². The molecular weight excluding hydrogens is 396 g/mol. The van der Waals surface area contributed by atoms with Crippen molar-refractivity contribution in [2.24, 2.45) is 0 Å². The van der Waals surface area contributed by atoms with Gasteiger partial charge in [0.25, 0.3) is 0 Å². The van der Waals surface area contributed by atoms with E-state index in [1.54, 1.807) is 18.2 Å². The molecule has 0 fully saturated rings. The number of aryl methyl sites for hydroxylation is 2. The predicted molar refractivity (Wildman–Crippen MR) is 111 cm³/mol. The first-order valence-corrected chi connectivity index (χ1v) is 11.4. The molecule has 2 aromatic carbocycles. The van der Waals surface area contributed by atoms with E-state index in [0.29, 0.717) is 18.0 Å². The van der Waals surface area contributed by atoms with Gasteiger partial charge in [0.15, 0.2) is 0 Å².